The zero-order valence-electron chi connectivity index (χ0n) is 33.4. The summed E-state index contributed by atoms with van der Waals surface area (Å²) in [4.78, 5) is 67.7. The summed E-state index contributed by atoms with van der Waals surface area (Å²) in [6, 6.07) is 15.8. The van der Waals surface area contributed by atoms with Crippen molar-refractivity contribution < 1.29 is 28.3 Å². The van der Waals surface area contributed by atoms with Crippen LogP contribution in [-0.2, 0) is 16.1 Å². The minimum absolute atomic E-state index is 0.0240. The number of nitriles is 1. The van der Waals surface area contributed by atoms with Crippen LogP contribution in [0.5, 0.6) is 5.75 Å². The van der Waals surface area contributed by atoms with Crippen molar-refractivity contribution in [2.24, 2.45) is 5.92 Å². The highest BCUT2D eigenvalue weighted by atomic mass is 19.1. The molecule has 2 N–H and O–H groups in total. The molecular weight excluding hydrogens is 766 g/mol. The molecule has 4 aliphatic heterocycles. The fourth-order valence-electron chi connectivity index (χ4n) is 9.52. The molecule has 15 heteroatoms. The van der Waals surface area contributed by atoms with E-state index in [0.717, 1.165) is 88.2 Å². The molecule has 2 aromatic heterocycles. The lowest BCUT2D eigenvalue weighted by Gasteiger charge is -2.40. The first-order valence-corrected chi connectivity index (χ1v) is 21.1. The van der Waals surface area contributed by atoms with Gasteiger partial charge in [0.2, 0.25) is 11.8 Å². The van der Waals surface area contributed by atoms with Gasteiger partial charge in [0.1, 0.15) is 29.5 Å². The second-order valence-electron chi connectivity index (χ2n) is 16.7. The highest BCUT2D eigenvalue weighted by Gasteiger charge is 2.40. The van der Waals surface area contributed by atoms with Crippen LogP contribution in [0.25, 0.3) is 10.9 Å². The summed E-state index contributed by atoms with van der Waals surface area (Å²) in [7, 11) is 0. The van der Waals surface area contributed by atoms with Gasteiger partial charge in [0.25, 0.3) is 11.8 Å². The molecule has 60 heavy (non-hydrogen) atoms. The number of carbonyl (C=O) groups excluding carboxylic acids is 4. The number of carbonyl (C=O) groups is 4. The van der Waals surface area contributed by atoms with Gasteiger partial charge in [0, 0.05) is 88.2 Å². The number of pyridine rings is 2. The van der Waals surface area contributed by atoms with Crippen LogP contribution in [0.2, 0.25) is 0 Å². The number of anilines is 2. The molecule has 1 atom stereocenters. The van der Waals surface area contributed by atoms with Gasteiger partial charge in [0.15, 0.2) is 0 Å². The van der Waals surface area contributed by atoms with E-state index in [4.69, 9.17) is 4.74 Å². The van der Waals surface area contributed by atoms with Crippen LogP contribution in [0.15, 0.2) is 60.9 Å². The summed E-state index contributed by atoms with van der Waals surface area (Å²) in [5, 5.41) is 15.8. The molecular formula is C45H48FN9O5. The average Bonchev–Trinajstić information content (AvgIpc) is 3.58. The van der Waals surface area contributed by atoms with E-state index in [9.17, 15) is 24.4 Å². The van der Waals surface area contributed by atoms with Gasteiger partial charge in [-0.05, 0) is 105 Å². The van der Waals surface area contributed by atoms with Gasteiger partial charge >= 0.3 is 0 Å². The lowest BCUT2D eigenvalue weighted by atomic mass is 9.92. The molecule has 4 amide bonds. The molecule has 14 nitrogen and oxygen atoms in total. The number of piperidine rings is 2. The molecule has 4 fully saturated rings. The maximum atomic E-state index is 15.4. The first kappa shape index (κ1) is 39.3. The molecule has 2 aromatic carbocycles. The van der Waals surface area contributed by atoms with Gasteiger partial charge in [-0.2, -0.15) is 5.26 Å². The number of hydrogen-bond acceptors (Lipinski definition) is 11. The van der Waals surface area contributed by atoms with Gasteiger partial charge in [0.05, 0.1) is 28.4 Å². The molecule has 6 heterocycles. The first-order chi connectivity index (χ1) is 29.2. The van der Waals surface area contributed by atoms with E-state index >= 15 is 4.39 Å². The van der Waals surface area contributed by atoms with Crippen LogP contribution in [0, 0.1) is 23.1 Å². The Kier molecular flexibility index (Phi) is 11.0. The summed E-state index contributed by atoms with van der Waals surface area (Å²) in [5.74, 6) is 0.402. The maximum absolute atomic E-state index is 15.4. The van der Waals surface area contributed by atoms with E-state index in [-0.39, 0.29) is 54.8 Å². The van der Waals surface area contributed by atoms with Crippen molar-refractivity contribution in [1.82, 2.24) is 30.4 Å². The van der Waals surface area contributed by atoms with Gasteiger partial charge < -0.3 is 24.8 Å². The van der Waals surface area contributed by atoms with Crippen molar-refractivity contribution in [1.29, 1.82) is 5.26 Å². The van der Waals surface area contributed by atoms with Crippen molar-refractivity contribution in [3.8, 4) is 11.8 Å². The predicted octanol–water partition coefficient (Wildman–Crippen LogP) is 4.56. The van der Waals surface area contributed by atoms with E-state index in [1.165, 1.54) is 11.0 Å². The van der Waals surface area contributed by atoms with Crippen molar-refractivity contribution >= 4 is 46.0 Å². The van der Waals surface area contributed by atoms with Gasteiger partial charge in [-0.1, -0.05) is 0 Å². The number of amides is 4. The summed E-state index contributed by atoms with van der Waals surface area (Å²) < 4.78 is 21.8. The van der Waals surface area contributed by atoms with Gasteiger partial charge in [-0.3, -0.25) is 34.4 Å². The average molecular weight is 814 g/mol. The third kappa shape index (κ3) is 8.08. The summed E-state index contributed by atoms with van der Waals surface area (Å²) >= 11 is 0. The first-order valence-electron chi connectivity index (χ1n) is 21.1. The molecule has 310 valence electrons. The highest BCUT2D eigenvalue weighted by molar-refractivity contribution is 6.05. The minimum Gasteiger partial charge on any atom is -0.490 e. The molecule has 3 saturated heterocycles. The number of halogens is 1. The Balaban J connectivity index is 0.702. The van der Waals surface area contributed by atoms with Crippen molar-refractivity contribution in [2.45, 2.75) is 76.1 Å². The Morgan fingerprint density at radius 2 is 1.72 bits per heavy atom. The second kappa shape index (κ2) is 16.8. The van der Waals surface area contributed by atoms with E-state index < -0.39 is 17.8 Å². The zero-order valence-corrected chi connectivity index (χ0v) is 33.4. The Morgan fingerprint density at radius 1 is 0.917 bits per heavy atom. The number of rotatable bonds is 9. The highest BCUT2D eigenvalue weighted by Crippen LogP contribution is 2.34. The zero-order chi connectivity index (χ0) is 41.3. The standard InChI is InChI=1S/C45H48FN9O5/c46-36-23-35-31(27-55(45(35)59)37-9-12-41(56)51-44(37)58)22-38(36)53-20-18-52(19-21-53)26-28-13-16-54(17-14-28)40-11-4-30(25-49-40)43(57)50-32-5-7-33(8-6-32)60-39-10-3-29(24-47)42-34(39)2-1-15-48-42/h1-4,10-11,15,22-23,25,28,32-33,37H,5-9,12-14,16-21,26-27H2,(H,50,57)(H,51,56,58). The Hall–Kier alpha value is -6.14. The van der Waals surface area contributed by atoms with Crippen molar-refractivity contribution in [3.63, 3.8) is 0 Å². The van der Waals surface area contributed by atoms with E-state index in [1.807, 2.05) is 35.2 Å². The van der Waals surface area contributed by atoms with Crippen LogP contribution < -0.4 is 25.2 Å². The Bertz CT molecular complexity index is 2350. The monoisotopic (exact) mass is 813 g/mol. The molecule has 9 rings (SSSR count). The predicted molar refractivity (Wildman–Crippen MR) is 221 cm³/mol. The van der Waals surface area contributed by atoms with E-state index in [1.54, 1.807) is 24.5 Å². The topological polar surface area (TPSA) is 164 Å². The Labute approximate surface area is 347 Å². The lowest BCUT2D eigenvalue weighted by Crippen LogP contribution is -2.52. The van der Waals surface area contributed by atoms with Crippen LogP contribution in [-0.4, -0.2) is 107 Å². The maximum Gasteiger partial charge on any atom is 0.255 e. The molecule has 0 radical (unpaired) electrons. The molecule has 0 spiro atoms. The summed E-state index contributed by atoms with van der Waals surface area (Å²) in [5.41, 5.74) is 3.19. The lowest BCUT2D eigenvalue weighted by molar-refractivity contribution is -0.136. The smallest absolute Gasteiger partial charge is 0.255 e. The van der Waals surface area contributed by atoms with Crippen LogP contribution >= 0.6 is 0 Å². The van der Waals surface area contributed by atoms with Crippen molar-refractivity contribution in [3.05, 3.63) is 89.0 Å². The number of nitrogens with zero attached hydrogens (tertiary/aromatic N) is 7. The molecule has 4 aromatic rings. The third-order valence-corrected chi connectivity index (χ3v) is 12.9. The molecule has 0 bridgehead atoms. The largest absolute Gasteiger partial charge is 0.490 e. The Morgan fingerprint density at radius 3 is 2.45 bits per heavy atom. The molecule has 1 aliphatic carbocycles. The number of benzene rings is 2. The van der Waals surface area contributed by atoms with E-state index in [2.05, 4.69) is 36.5 Å². The molecule has 1 saturated carbocycles. The second-order valence-corrected chi connectivity index (χ2v) is 16.7. The normalized spacial score (nSPS) is 22.7. The number of imide groups is 1. The molecule has 5 aliphatic rings. The van der Waals surface area contributed by atoms with Gasteiger partial charge in [-0.25, -0.2) is 9.37 Å². The molecule has 1 unspecified atom stereocenters. The number of ether oxygens (including phenoxy) is 1. The quantitative estimate of drug-likeness (QED) is 0.228. The summed E-state index contributed by atoms with van der Waals surface area (Å²) in [6.07, 6.45) is 9.13. The summed E-state index contributed by atoms with van der Waals surface area (Å²) in [6.45, 7) is 5.95. The number of aromatic nitrogens is 2. The van der Waals surface area contributed by atoms with Crippen molar-refractivity contribution in [2.75, 3.05) is 55.6 Å². The number of nitrogens with one attached hydrogen (secondary N) is 2. The minimum atomic E-state index is -0.729. The van der Waals surface area contributed by atoms with E-state index in [0.29, 0.717) is 46.9 Å². The number of fused-ring (bicyclic) bond motifs is 2. The third-order valence-electron chi connectivity index (χ3n) is 12.9. The fourth-order valence-corrected chi connectivity index (χ4v) is 9.52. The van der Waals surface area contributed by atoms with Crippen LogP contribution in [0.1, 0.15) is 83.2 Å². The number of hydrogen-bond donors (Lipinski definition) is 2. The van der Waals surface area contributed by atoms with Crippen LogP contribution in [0.4, 0.5) is 15.9 Å². The fraction of sp³-hybridized carbons (Fsp3) is 0.444. The SMILES string of the molecule is N#Cc1ccc(OC2CCC(NC(=O)c3ccc(N4CCC(CN5CCN(c6cc7c(cc6F)C(=O)N(C6CCC(=O)NC6=O)C7)CC5)CC4)nc3)CC2)c2cccnc12. The van der Waals surface area contributed by atoms with Crippen LogP contribution in [0.3, 0.4) is 0 Å². The van der Waals surface area contributed by atoms with Gasteiger partial charge in [-0.15, -0.1) is 0 Å². The number of piperazine rings is 1.